The Morgan fingerprint density at radius 3 is 2.55 bits per heavy atom. The molecule has 0 radical (unpaired) electrons. The summed E-state index contributed by atoms with van der Waals surface area (Å²) in [5.41, 5.74) is 2.47. The molecule has 0 aliphatic rings. The van der Waals surface area contributed by atoms with Crippen LogP contribution < -0.4 is 10.9 Å². The highest BCUT2D eigenvalue weighted by Gasteiger charge is 2.09. The fraction of sp³-hybridized carbons (Fsp3) is 0.353. The van der Waals surface area contributed by atoms with E-state index in [1.165, 1.54) is 10.7 Å². The number of carbonyl (C=O) groups is 1. The van der Waals surface area contributed by atoms with Gasteiger partial charge in [0.15, 0.2) is 0 Å². The van der Waals surface area contributed by atoms with Crippen molar-refractivity contribution in [1.82, 2.24) is 15.1 Å². The Bertz CT molecular complexity index is 705. The van der Waals surface area contributed by atoms with Crippen molar-refractivity contribution in [2.75, 3.05) is 0 Å². The van der Waals surface area contributed by atoms with E-state index in [1.807, 2.05) is 45.0 Å². The third-order valence-electron chi connectivity index (χ3n) is 3.53. The molecule has 2 rings (SSSR count). The molecular formula is C17H21N3O2. The third-order valence-corrected chi connectivity index (χ3v) is 3.53. The van der Waals surface area contributed by atoms with Gasteiger partial charge in [-0.1, -0.05) is 36.8 Å². The van der Waals surface area contributed by atoms with Crippen LogP contribution >= 0.6 is 0 Å². The monoisotopic (exact) mass is 299 g/mol. The Hall–Kier alpha value is -2.43. The second kappa shape index (κ2) is 7.02. The highest BCUT2D eigenvalue weighted by atomic mass is 16.2. The first-order chi connectivity index (χ1) is 10.5. The van der Waals surface area contributed by atoms with Gasteiger partial charge in [0.2, 0.25) is 5.91 Å². The molecule has 0 saturated carbocycles. The molecule has 116 valence electrons. The fourth-order valence-electron chi connectivity index (χ4n) is 2.00. The van der Waals surface area contributed by atoms with Gasteiger partial charge in [-0.2, -0.15) is 5.10 Å². The molecule has 0 aliphatic heterocycles. The molecule has 1 N–H and O–H groups in total. The molecule has 5 heteroatoms. The van der Waals surface area contributed by atoms with Crippen LogP contribution in [0.15, 0.2) is 41.2 Å². The number of aryl methyl sites for hydroxylation is 1. The molecule has 1 heterocycles. The van der Waals surface area contributed by atoms with Crippen molar-refractivity contribution in [2.24, 2.45) is 0 Å². The van der Waals surface area contributed by atoms with Crippen LogP contribution in [0.3, 0.4) is 0 Å². The number of rotatable bonds is 5. The van der Waals surface area contributed by atoms with E-state index in [2.05, 4.69) is 10.4 Å². The standard InChI is InChI=1S/C17H21N3O2/c1-4-13(3)18-16(21)11-20-17(22)10-9-15(19-20)14-7-5-12(2)6-8-14/h5-10,13H,4,11H2,1-3H3,(H,18,21). The maximum absolute atomic E-state index is 11.9. The van der Waals surface area contributed by atoms with Gasteiger partial charge >= 0.3 is 0 Å². The van der Waals surface area contributed by atoms with E-state index in [0.717, 1.165) is 17.5 Å². The van der Waals surface area contributed by atoms with Gasteiger partial charge in [-0.15, -0.1) is 0 Å². The smallest absolute Gasteiger partial charge is 0.267 e. The van der Waals surface area contributed by atoms with E-state index in [-0.39, 0.29) is 24.1 Å². The van der Waals surface area contributed by atoms with Crippen LogP contribution in [0.5, 0.6) is 0 Å². The minimum Gasteiger partial charge on any atom is -0.352 e. The summed E-state index contributed by atoms with van der Waals surface area (Å²) >= 11 is 0. The average molecular weight is 299 g/mol. The Labute approximate surface area is 130 Å². The molecule has 0 spiro atoms. The van der Waals surface area contributed by atoms with Gasteiger partial charge in [0.05, 0.1) is 5.69 Å². The number of hydrogen-bond donors (Lipinski definition) is 1. The summed E-state index contributed by atoms with van der Waals surface area (Å²) in [6.07, 6.45) is 0.845. The van der Waals surface area contributed by atoms with Crippen LogP contribution in [0.2, 0.25) is 0 Å². The molecular weight excluding hydrogens is 278 g/mol. The maximum atomic E-state index is 11.9. The highest BCUT2D eigenvalue weighted by Crippen LogP contribution is 2.15. The van der Waals surface area contributed by atoms with Crippen LogP contribution in [-0.2, 0) is 11.3 Å². The summed E-state index contributed by atoms with van der Waals surface area (Å²) < 4.78 is 1.20. The summed E-state index contributed by atoms with van der Waals surface area (Å²) in [5, 5.41) is 7.12. The Morgan fingerprint density at radius 1 is 1.23 bits per heavy atom. The zero-order chi connectivity index (χ0) is 16.1. The first kappa shape index (κ1) is 15.9. The lowest BCUT2D eigenvalue weighted by Gasteiger charge is -2.12. The molecule has 22 heavy (non-hydrogen) atoms. The third kappa shape index (κ3) is 4.04. The molecule has 0 bridgehead atoms. The van der Waals surface area contributed by atoms with E-state index in [0.29, 0.717) is 5.69 Å². The molecule has 1 atom stereocenters. The summed E-state index contributed by atoms with van der Waals surface area (Å²) in [6, 6.07) is 11.1. The second-order valence-corrected chi connectivity index (χ2v) is 5.46. The normalized spacial score (nSPS) is 12.0. The summed E-state index contributed by atoms with van der Waals surface area (Å²) in [4.78, 5) is 23.8. The van der Waals surface area contributed by atoms with Crippen LogP contribution in [-0.4, -0.2) is 21.7 Å². The van der Waals surface area contributed by atoms with Crippen molar-refractivity contribution >= 4 is 5.91 Å². The maximum Gasteiger partial charge on any atom is 0.267 e. The minimum absolute atomic E-state index is 0.0666. The average Bonchev–Trinajstić information content (AvgIpc) is 2.50. The van der Waals surface area contributed by atoms with Gasteiger partial charge in [-0.05, 0) is 26.3 Å². The Balaban J connectivity index is 2.22. The molecule has 0 fully saturated rings. The predicted molar refractivity (Wildman–Crippen MR) is 86.6 cm³/mol. The van der Waals surface area contributed by atoms with Crippen LogP contribution in [0.1, 0.15) is 25.8 Å². The van der Waals surface area contributed by atoms with Crippen LogP contribution in [0, 0.1) is 6.92 Å². The first-order valence-electron chi connectivity index (χ1n) is 7.44. The lowest BCUT2D eigenvalue weighted by atomic mass is 10.1. The highest BCUT2D eigenvalue weighted by molar-refractivity contribution is 5.75. The second-order valence-electron chi connectivity index (χ2n) is 5.46. The Morgan fingerprint density at radius 2 is 1.91 bits per heavy atom. The van der Waals surface area contributed by atoms with Crippen molar-refractivity contribution in [1.29, 1.82) is 0 Å². The van der Waals surface area contributed by atoms with E-state index < -0.39 is 0 Å². The van der Waals surface area contributed by atoms with Gasteiger partial charge in [-0.3, -0.25) is 9.59 Å². The number of nitrogens with zero attached hydrogens (tertiary/aromatic N) is 2. The quantitative estimate of drug-likeness (QED) is 0.920. The zero-order valence-electron chi connectivity index (χ0n) is 13.2. The van der Waals surface area contributed by atoms with E-state index >= 15 is 0 Å². The van der Waals surface area contributed by atoms with Crippen molar-refractivity contribution < 1.29 is 4.79 Å². The van der Waals surface area contributed by atoms with E-state index in [9.17, 15) is 9.59 Å². The first-order valence-corrected chi connectivity index (χ1v) is 7.44. The molecule has 0 saturated heterocycles. The molecule has 1 aromatic carbocycles. The van der Waals surface area contributed by atoms with Gasteiger partial charge < -0.3 is 5.32 Å². The van der Waals surface area contributed by atoms with Crippen LogP contribution in [0.25, 0.3) is 11.3 Å². The largest absolute Gasteiger partial charge is 0.352 e. The fourth-order valence-corrected chi connectivity index (χ4v) is 2.00. The lowest BCUT2D eigenvalue weighted by Crippen LogP contribution is -2.37. The Kier molecular flexibility index (Phi) is 5.09. The SMILES string of the molecule is CCC(C)NC(=O)Cn1nc(-c2ccc(C)cc2)ccc1=O. The number of amides is 1. The number of carbonyl (C=O) groups excluding carboxylic acids is 1. The van der Waals surface area contributed by atoms with Crippen molar-refractivity contribution in [3.8, 4) is 11.3 Å². The number of aromatic nitrogens is 2. The van der Waals surface area contributed by atoms with Crippen LogP contribution in [0.4, 0.5) is 0 Å². The summed E-state index contributed by atoms with van der Waals surface area (Å²) in [7, 11) is 0. The number of hydrogen-bond acceptors (Lipinski definition) is 3. The zero-order valence-corrected chi connectivity index (χ0v) is 13.2. The topological polar surface area (TPSA) is 64.0 Å². The summed E-state index contributed by atoms with van der Waals surface area (Å²) in [5.74, 6) is -0.204. The van der Waals surface area contributed by atoms with Gasteiger partial charge in [0, 0.05) is 17.7 Å². The van der Waals surface area contributed by atoms with Crippen molar-refractivity contribution in [2.45, 2.75) is 39.8 Å². The van der Waals surface area contributed by atoms with E-state index in [4.69, 9.17) is 0 Å². The van der Waals surface area contributed by atoms with Gasteiger partial charge in [0.1, 0.15) is 6.54 Å². The number of benzene rings is 1. The molecule has 1 aromatic heterocycles. The summed E-state index contributed by atoms with van der Waals surface area (Å²) in [6.45, 7) is 5.87. The van der Waals surface area contributed by atoms with Gasteiger partial charge in [0.25, 0.3) is 5.56 Å². The van der Waals surface area contributed by atoms with Gasteiger partial charge in [-0.25, -0.2) is 4.68 Å². The van der Waals surface area contributed by atoms with E-state index in [1.54, 1.807) is 6.07 Å². The van der Waals surface area contributed by atoms with Crippen molar-refractivity contribution in [3.05, 3.63) is 52.3 Å². The molecule has 1 amide bonds. The predicted octanol–water partition coefficient (Wildman–Crippen LogP) is 2.13. The molecule has 2 aromatic rings. The lowest BCUT2D eigenvalue weighted by molar-refractivity contribution is -0.122. The molecule has 5 nitrogen and oxygen atoms in total. The van der Waals surface area contributed by atoms with Crippen molar-refractivity contribution in [3.63, 3.8) is 0 Å². The molecule has 1 unspecified atom stereocenters. The minimum atomic E-state index is -0.282. The number of nitrogens with one attached hydrogen (secondary N) is 1. The molecule has 0 aliphatic carbocycles.